The number of rotatable bonds is 3. The van der Waals surface area contributed by atoms with Crippen molar-refractivity contribution in [3.63, 3.8) is 0 Å². The minimum absolute atomic E-state index is 0.333. The van der Waals surface area contributed by atoms with Gasteiger partial charge in [0.1, 0.15) is 0 Å². The Morgan fingerprint density at radius 1 is 1.56 bits per heavy atom. The SMILES string of the molecule is CC1(C)CNCCC1NCc1ccc(Cl)s1. The Bertz CT molecular complexity index is 349. The summed E-state index contributed by atoms with van der Waals surface area (Å²) in [7, 11) is 0. The summed E-state index contributed by atoms with van der Waals surface area (Å²) >= 11 is 7.58. The van der Waals surface area contributed by atoms with Gasteiger partial charge in [-0.2, -0.15) is 0 Å². The van der Waals surface area contributed by atoms with Gasteiger partial charge in [0, 0.05) is 24.0 Å². The summed E-state index contributed by atoms with van der Waals surface area (Å²) in [5.41, 5.74) is 0.333. The molecule has 90 valence electrons. The van der Waals surface area contributed by atoms with Crippen molar-refractivity contribution in [3.8, 4) is 0 Å². The lowest BCUT2D eigenvalue weighted by Gasteiger charge is -2.39. The molecule has 1 aliphatic heterocycles. The molecule has 0 radical (unpaired) electrons. The zero-order valence-electron chi connectivity index (χ0n) is 9.85. The topological polar surface area (TPSA) is 24.1 Å². The zero-order chi connectivity index (χ0) is 11.6. The highest BCUT2D eigenvalue weighted by atomic mass is 35.5. The largest absolute Gasteiger partial charge is 0.316 e. The lowest BCUT2D eigenvalue weighted by molar-refractivity contribution is 0.184. The quantitative estimate of drug-likeness (QED) is 0.871. The number of halogens is 1. The molecular formula is C12H19ClN2S. The first-order chi connectivity index (χ1) is 7.58. The molecular weight excluding hydrogens is 240 g/mol. The molecule has 0 aliphatic carbocycles. The summed E-state index contributed by atoms with van der Waals surface area (Å²) in [6, 6.07) is 4.67. The Morgan fingerprint density at radius 3 is 3.00 bits per heavy atom. The van der Waals surface area contributed by atoms with Gasteiger partial charge in [0.05, 0.1) is 4.34 Å². The second-order valence-corrected chi connectivity index (χ2v) is 6.89. The van der Waals surface area contributed by atoms with Crippen LogP contribution in [0.4, 0.5) is 0 Å². The van der Waals surface area contributed by atoms with Gasteiger partial charge in [0.25, 0.3) is 0 Å². The van der Waals surface area contributed by atoms with Crippen molar-refractivity contribution in [1.82, 2.24) is 10.6 Å². The van der Waals surface area contributed by atoms with Gasteiger partial charge in [-0.3, -0.25) is 0 Å². The first-order valence-electron chi connectivity index (χ1n) is 5.76. The molecule has 4 heteroatoms. The summed E-state index contributed by atoms with van der Waals surface area (Å²) in [6.07, 6.45) is 1.20. The Hall–Kier alpha value is -0.0900. The molecule has 2 nitrogen and oxygen atoms in total. The molecule has 0 aromatic carbocycles. The van der Waals surface area contributed by atoms with E-state index in [-0.39, 0.29) is 0 Å². The van der Waals surface area contributed by atoms with Crippen LogP contribution in [0.3, 0.4) is 0 Å². The molecule has 1 aliphatic rings. The average Bonchev–Trinajstić information content (AvgIpc) is 2.62. The third-order valence-electron chi connectivity index (χ3n) is 3.29. The van der Waals surface area contributed by atoms with Gasteiger partial charge in [-0.05, 0) is 30.5 Å². The first kappa shape index (κ1) is 12.4. The van der Waals surface area contributed by atoms with Crippen LogP contribution in [0.1, 0.15) is 25.1 Å². The Labute approximate surface area is 106 Å². The van der Waals surface area contributed by atoms with Gasteiger partial charge in [0.15, 0.2) is 0 Å². The van der Waals surface area contributed by atoms with Crippen molar-refractivity contribution in [2.24, 2.45) is 5.41 Å². The Morgan fingerprint density at radius 2 is 2.38 bits per heavy atom. The highest BCUT2D eigenvalue weighted by molar-refractivity contribution is 7.16. The predicted molar refractivity (Wildman–Crippen MR) is 71.2 cm³/mol. The third-order valence-corrected chi connectivity index (χ3v) is 4.52. The van der Waals surface area contributed by atoms with Crippen molar-refractivity contribution < 1.29 is 0 Å². The van der Waals surface area contributed by atoms with Crippen LogP contribution in [0, 0.1) is 5.41 Å². The van der Waals surface area contributed by atoms with Crippen LogP contribution in [-0.2, 0) is 6.54 Å². The maximum Gasteiger partial charge on any atom is 0.0931 e. The van der Waals surface area contributed by atoms with E-state index in [0.717, 1.165) is 24.0 Å². The summed E-state index contributed by atoms with van der Waals surface area (Å²) in [5, 5.41) is 7.10. The predicted octanol–water partition coefficient (Wildman–Crippen LogP) is 2.88. The van der Waals surface area contributed by atoms with Crippen molar-refractivity contribution in [3.05, 3.63) is 21.3 Å². The molecule has 1 unspecified atom stereocenters. The van der Waals surface area contributed by atoms with Crippen LogP contribution in [0.15, 0.2) is 12.1 Å². The van der Waals surface area contributed by atoms with Crippen LogP contribution >= 0.6 is 22.9 Å². The van der Waals surface area contributed by atoms with Gasteiger partial charge >= 0.3 is 0 Å². The minimum Gasteiger partial charge on any atom is -0.316 e. The Balaban J connectivity index is 1.89. The molecule has 1 aromatic rings. The number of thiophene rings is 1. The van der Waals surface area contributed by atoms with Crippen molar-refractivity contribution in [2.45, 2.75) is 32.9 Å². The third kappa shape index (κ3) is 2.98. The van der Waals surface area contributed by atoms with E-state index in [2.05, 4.69) is 30.5 Å². The molecule has 1 aromatic heterocycles. The fraction of sp³-hybridized carbons (Fsp3) is 0.667. The second kappa shape index (κ2) is 5.05. The number of nitrogens with one attached hydrogen (secondary N) is 2. The fourth-order valence-electron chi connectivity index (χ4n) is 2.22. The molecule has 2 N–H and O–H groups in total. The van der Waals surface area contributed by atoms with Crippen LogP contribution in [-0.4, -0.2) is 19.1 Å². The molecule has 16 heavy (non-hydrogen) atoms. The monoisotopic (exact) mass is 258 g/mol. The zero-order valence-corrected chi connectivity index (χ0v) is 11.4. The number of hydrogen-bond acceptors (Lipinski definition) is 3. The van der Waals surface area contributed by atoms with E-state index in [0.29, 0.717) is 11.5 Å². The van der Waals surface area contributed by atoms with Crippen molar-refractivity contribution in [1.29, 1.82) is 0 Å². The van der Waals surface area contributed by atoms with E-state index < -0.39 is 0 Å². The molecule has 0 saturated carbocycles. The minimum atomic E-state index is 0.333. The molecule has 2 rings (SSSR count). The van der Waals surface area contributed by atoms with Crippen molar-refractivity contribution >= 4 is 22.9 Å². The van der Waals surface area contributed by atoms with Crippen molar-refractivity contribution in [2.75, 3.05) is 13.1 Å². The van der Waals surface area contributed by atoms with E-state index in [1.54, 1.807) is 11.3 Å². The maximum absolute atomic E-state index is 5.92. The second-order valence-electron chi connectivity index (χ2n) is 5.09. The lowest BCUT2D eigenvalue weighted by atomic mass is 9.80. The average molecular weight is 259 g/mol. The van der Waals surface area contributed by atoms with E-state index in [1.165, 1.54) is 11.3 Å². The van der Waals surface area contributed by atoms with Gasteiger partial charge in [-0.15, -0.1) is 11.3 Å². The summed E-state index contributed by atoms with van der Waals surface area (Å²) in [5.74, 6) is 0. The van der Waals surface area contributed by atoms with E-state index >= 15 is 0 Å². The smallest absolute Gasteiger partial charge is 0.0931 e. The number of piperidine rings is 1. The normalized spacial score (nSPS) is 24.6. The molecule has 1 saturated heterocycles. The number of hydrogen-bond donors (Lipinski definition) is 2. The molecule has 2 heterocycles. The first-order valence-corrected chi connectivity index (χ1v) is 6.96. The highest BCUT2D eigenvalue weighted by Gasteiger charge is 2.31. The van der Waals surface area contributed by atoms with Crippen LogP contribution in [0.2, 0.25) is 4.34 Å². The summed E-state index contributed by atoms with van der Waals surface area (Å²) < 4.78 is 0.876. The molecule has 0 bridgehead atoms. The standard InChI is InChI=1S/C12H19ClN2S/c1-12(2)8-14-6-5-10(12)15-7-9-3-4-11(13)16-9/h3-4,10,14-15H,5-8H2,1-2H3. The van der Waals surface area contributed by atoms with E-state index in [9.17, 15) is 0 Å². The van der Waals surface area contributed by atoms with Crippen LogP contribution in [0.5, 0.6) is 0 Å². The van der Waals surface area contributed by atoms with Gasteiger partial charge < -0.3 is 10.6 Å². The Kier molecular flexibility index (Phi) is 3.90. The van der Waals surface area contributed by atoms with Crippen LogP contribution < -0.4 is 10.6 Å². The highest BCUT2D eigenvalue weighted by Crippen LogP contribution is 2.26. The fourth-order valence-corrected chi connectivity index (χ4v) is 3.26. The maximum atomic E-state index is 5.92. The molecule has 1 atom stereocenters. The van der Waals surface area contributed by atoms with Crippen LogP contribution in [0.25, 0.3) is 0 Å². The van der Waals surface area contributed by atoms with Gasteiger partial charge in [-0.1, -0.05) is 25.4 Å². The van der Waals surface area contributed by atoms with Gasteiger partial charge in [-0.25, -0.2) is 0 Å². The summed E-state index contributed by atoms with van der Waals surface area (Å²) in [4.78, 5) is 1.32. The van der Waals surface area contributed by atoms with E-state index in [1.807, 2.05) is 6.07 Å². The summed E-state index contributed by atoms with van der Waals surface area (Å²) in [6.45, 7) is 7.78. The molecule has 0 spiro atoms. The van der Waals surface area contributed by atoms with E-state index in [4.69, 9.17) is 11.6 Å². The molecule has 1 fully saturated rings. The molecule has 0 amide bonds. The lowest BCUT2D eigenvalue weighted by Crippen LogP contribution is -2.52. The van der Waals surface area contributed by atoms with Gasteiger partial charge in [0.2, 0.25) is 0 Å².